The quantitative estimate of drug-likeness (QED) is 0.755. The molecule has 0 radical (unpaired) electrons. The van der Waals surface area contributed by atoms with Gasteiger partial charge in [0.2, 0.25) is 0 Å². The number of fused-ring (bicyclic) bond motifs is 1. The zero-order valence-corrected chi connectivity index (χ0v) is 18.4. The highest BCUT2D eigenvalue weighted by molar-refractivity contribution is 8.13. The fourth-order valence-corrected chi connectivity index (χ4v) is 6.93. The third-order valence-corrected chi connectivity index (χ3v) is 8.40. The van der Waals surface area contributed by atoms with Crippen molar-refractivity contribution in [2.75, 3.05) is 16.4 Å². The predicted molar refractivity (Wildman–Crippen MR) is 119 cm³/mol. The Labute approximate surface area is 172 Å². The van der Waals surface area contributed by atoms with E-state index >= 15 is 0 Å². The van der Waals surface area contributed by atoms with Gasteiger partial charge in [0.15, 0.2) is 15.0 Å². The van der Waals surface area contributed by atoms with Crippen LogP contribution in [-0.4, -0.2) is 37.2 Å². The van der Waals surface area contributed by atoms with E-state index in [0.717, 1.165) is 22.2 Å². The van der Waals surface area contributed by atoms with Crippen LogP contribution in [0.4, 0.5) is 5.69 Å². The molecule has 6 heteroatoms. The Hall–Kier alpha value is -1.79. The lowest BCUT2D eigenvalue weighted by Gasteiger charge is -2.28. The first kappa shape index (κ1) is 19.5. The van der Waals surface area contributed by atoms with Crippen LogP contribution in [0.25, 0.3) is 0 Å². The maximum absolute atomic E-state index is 12.2. The molecule has 2 aliphatic heterocycles. The van der Waals surface area contributed by atoms with Crippen molar-refractivity contribution in [2.45, 2.75) is 45.5 Å². The third kappa shape index (κ3) is 3.72. The topological polar surface area (TPSA) is 49.7 Å². The van der Waals surface area contributed by atoms with Crippen LogP contribution in [0.5, 0.6) is 0 Å². The fourth-order valence-electron chi connectivity index (χ4n) is 4.03. The van der Waals surface area contributed by atoms with Gasteiger partial charge in [-0.2, -0.15) is 0 Å². The van der Waals surface area contributed by atoms with Gasteiger partial charge in [-0.15, -0.1) is 0 Å². The summed E-state index contributed by atoms with van der Waals surface area (Å²) in [7, 11) is -3.03. The van der Waals surface area contributed by atoms with E-state index in [1.54, 1.807) is 11.8 Å². The molecule has 148 valence electrons. The highest BCUT2D eigenvalue weighted by Gasteiger charge is 2.47. The van der Waals surface area contributed by atoms with Gasteiger partial charge >= 0.3 is 0 Å². The minimum absolute atomic E-state index is 0.0892. The normalized spacial score (nSPS) is 23.0. The van der Waals surface area contributed by atoms with Crippen molar-refractivity contribution < 1.29 is 8.42 Å². The number of aryl methyl sites for hydroxylation is 4. The SMILES string of the molecule is Cc1ccc(N2C(SCc3ccc(C)c(C)c3)=N[C@H]3CS(=O)(=O)C[C@@H]32)c(C)c1. The van der Waals surface area contributed by atoms with Gasteiger partial charge in [-0.1, -0.05) is 47.7 Å². The van der Waals surface area contributed by atoms with E-state index in [1.807, 2.05) is 0 Å². The van der Waals surface area contributed by atoms with Crippen LogP contribution in [-0.2, 0) is 15.6 Å². The lowest BCUT2D eigenvalue weighted by Crippen LogP contribution is -2.39. The van der Waals surface area contributed by atoms with E-state index in [2.05, 4.69) is 69.0 Å². The van der Waals surface area contributed by atoms with Gasteiger partial charge in [0.05, 0.1) is 23.6 Å². The molecule has 0 N–H and O–H groups in total. The summed E-state index contributed by atoms with van der Waals surface area (Å²) in [5, 5.41) is 0.940. The number of rotatable bonds is 3. The zero-order valence-electron chi connectivity index (χ0n) is 16.8. The molecule has 0 saturated carbocycles. The number of benzene rings is 2. The average Bonchev–Trinajstić information content (AvgIpc) is 3.08. The monoisotopic (exact) mass is 414 g/mol. The van der Waals surface area contributed by atoms with Crippen molar-refractivity contribution in [1.82, 2.24) is 0 Å². The standard InChI is InChI=1S/C22H26N2O2S2/c1-14-5-8-20(17(4)9-14)24-21-13-28(25,26)12-19(21)23-22(24)27-11-18-7-6-15(2)16(3)10-18/h5-10,19,21H,11-13H2,1-4H3/t19-,21-/m0/s1. The summed E-state index contributed by atoms with van der Waals surface area (Å²) in [6.07, 6.45) is 0. The Morgan fingerprint density at radius 2 is 1.79 bits per heavy atom. The van der Waals surface area contributed by atoms with Gasteiger partial charge in [0, 0.05) is 11.4 Å². The molecule has 0 amide bonds. The van der Waals surface area contributed by atoms with Gasteiger partial charge in [-0.25, -0.2) is 8.42 Å². The molecule has 0 unspecified atom stereocenters. The molecule has 2 aromatic rings. The molecule has 0 spiro atoms. The Morgan fingerprint density at radius 1 is 1.00 bits per heavy atom. The first-order valence-corrected chi connectivity index (χ1v) is 12.4. The van der Waals surface area contributed by atoms with Gasteiger partial charge in [0.25, 0.3) is 0 Å². The Bertz CT molecular complexity index is 1060. The number of hydrogen-bond acceptors (Lipinski definition) is 5. The lowest BCUT2D eigenvalue weighted by molar-refractivity contribution is 0.601. The summed E-state index contributed by atoms with van der Waals surface area (Å²) in [5.41, 5.74) is 7.29. The minimum atomic E-state index is -3.03. The first-order chi connectivity index (χ1) is 13.2. The molecule has 2 aromatic carbocycles. The van der Waals surface area contributed by atoms with E-state index in [1.165, 1.54) is 22.3 Å². The van der Waals surface area contributed by atoms with Gasteiger partial charge < -0.3 is 4.90 Å². The van der Waals surface area contributed by atoms with Crippen molar-refractivity contribution in [3.63, 3.8) is 0 Å². The second kappa shape index (κ2) is 7.23. The van der Waals surface area contributed by atoms with Gasteiger partial charge in [-0.05, 0) is 56.0 Å². The highest BCUT2D eigenvalue weighted by atomic mass is 32.2. The van der Waals surface area contributed by atoms with Crippen LogP contribution in [0.2, 0.25) is 0 Å². The first-order valence-electron chi connectivity index (χ1n) is 9.57. The van der Waals surface area contributed by atoms with E-state index in [9.17, 15) is 8.42 Å². The second-order valence-electron chi connectivity index (χ2n) is 7.99. The number of nitrogens with zero attached hydrogens (tertiary/aromatic N) is 2. The lowest BCUT2D eigenvalue weighted by atomic mass is 10.1. The van der Waals surface area contributed by atoms with Crippen LogP contribution in [0.15, 0.2) is 41.4 Å². The largest absolute Gasteiger partial charge is 0.315 e. The van der Waals surface area contributed by atoms with Gasteiger partial charge in [0.1, 0.15) is 0 Å². The molecular weight excluding hydrogens is 388 g/mol. The van der Waals surface area contributed by atoms with Crippen LogP contribution in [0.1, 0.15) is 27.8 Å². The van der Waals surface area contributed by atoms with Crippen LogP contribution < -0.4 is 4.90 Å². The van der Waals surface area contributed by atoms with E-state index < -0.39 is 9.84 Å². The molecule has 0 aromatic heterocycles. The summed E-state index contributed by atoms with van der Waals surface area (Å²) in [6.45, 7) is 8.42. The molecule has 4 nitrogen and oxygen atoms in total. The molecule has 1 saturated heterocycles. The van der Waals surface area contributed by atoms with E-state index in [-0.39, 0.29) is 23.6 Å². The van der Waals surface area contributed by atoms with Gasteiger partial charge in [-0.3, -0.25) is 4.99 Å². The molecule has 4 rings (SSSR count). The summed E-state index contributed by atoms with van der Waals surface area (Å²) in [5.74, 6) is 1.17. The van der Waals surface area contributed by atoms with Crippen molar-refractivity contribution in [3.05, 3.63) is 64.2 Å². The predicted octanol–water partition coefficient (Wildman–Crippen LogP) is 4.20. The number of aliphatic imine (C=N–C) groups is 1. The molecule has 2 aliphatic rings. The summed E-state index contributed by atoms with van der Waals surface area (Å²) in [6, 6.07) is 12.6. The molecule has 0 aliphatic carbocycles. The number of thioether (sulfide) groups is 1. The molecule has 2 atom stereocenters. The molecular formula is C22H26N2O2S2. The number of anilines is 1. The Balaban J connectivity index is 1.64. The maximum Gasteiger partial charge on any atom is 0.164 e. The Kier molecular flexibility index (Phi) is 5.04. The third-order valence-electron chi connectivity index (χ3n) is 5.66. The maximum atomic E-state index is 12.2. The van der Waals surface area contributed by atoms with Crippen molar-refractivity contribution >= 4 is 32.5 Å². The molecule has 28 heavy (non-hydrogen) atoms. The average molecular weight is 415 g/mol. The van der Waals surface area contributed by atoms with E-state index in [4.69, 9.17) is 4.99 Å². The zero-order chi connectivity index (χ0) is 20.1. The fraction of sp³-hybridized carbons (Fsp3) is 0.409. The molecule has 2 heterocycles. The van der Waals surface area contributed by atoms with Crippen LogP contribution in [0, 0.1) is 27.7 Å². The van der Waals surface area contributed by atoms with Crippen LogP contribution in [0.3, 0.4) is 0 Å². The number of sulfone groups is 1. The van der Waals surface area contributed by atoms with Crippen LogP contribution >= 0.6 is 11.8 Å². The number of hydrogen-bond donors (Lipinski definition) is 0. The molecule has 0 bridgehead atoms. The smallest absolute Gasteiger partial charge is 0.164 e. The van der Waals surface area contributed by atoms with Crippen molar-refractivity contribution in [3.8, 4) is 0 Å². The molecule has 1 fully saturated rings. The minimum Gasteiger partial charge on any atom is -0.315 e. The van der Waals surface area contributed by atoms with Crippen molar-refractivity contribution in [2.24, 2.45) is 4.99 Å². The second-order valence-corrected chi connectivity index (χ2v) is 11.1. The van der Waals surface area contributed by atoms with E-state index in [0.29, 0.717) is 0 Å². The summed E-state index contributed by atoms with van der Waals surface area (Å²) >= 11 is 1.71. The number of amidine groups is 1. The highest BCUT2D eigenvalue weighted by Crippen LogP contribution is 2.37. The summed E-state index contributed by atoms with van der Waals surface area (Å²) < 4.78 is 24.4. The Morgan fingerprint density at radius 3 is 2.50 bits per heavy atom. The van der Waals surface area contributed by atoms with Crippen molar-refractivity contribution in [1.29, 1.82) is 0 Å². The summed E-state index contributed by atoms with van der Waals surface area (Å²) in [4.78, 5) is 7.02.